The number of rotatable bonds is 8. The zero-order chi connectivity index (χ0) is 17.8. The van der Waals surface area contributed by atoms with Crippen LogP contribution in [0.3, 0.4) is 0 Å². The average Bonchev–Trinajstić information content (AvgIpc) is 2.55. The van der Waals surface area contributed by atoms with Gasteiger partial charge in [-0.15, -0.1) is 0 Å². The van der Waals surface area contributed by atoms with Crippen LogP contribution in [-0.4, -0.2) is 37.7 Å². The van der Waals surface area contributed by atoms with Crippen molar-refractivity contribution in [2.24, 2.45) is 0 Å². The monoisotopic (exact) mass is 333 g/mol. The Bertz CT molecular complexity index is 607. The molecule has 128 valence electrons. The van der Waals surface area contributed by atoms with Crippen LogP contribution in [-0.2, 0) is 9.53 Å². The van der Waals surface area contributed by atoms with Crippen molar-refractivity contribution in [1.29, 1.82) is 5.26 Å². The maximum absolute atomic E-state index is 11.9. The fraction of sp³-hybridized carbons (Fsp3) is 0.375. The van der Waals surface area contributed by atoms with Gasteiger partial charge in [0.05, 0.1) is 12.7 Å². The molecule has 0 atom stereocenters. The third-order valence-electron chi connectivity index (χ3n) is 2.78. The van der Waals surface area contributed by atoms with Crippen LogP contribution in [0.4, 0.5) is 4.79 Å². The minimum absolute atomic E-state index is 0.174. The Kier molecular flexibility index (Phi) is 8.39. The molecular weight excluding hydrogens is 314 g/mol. The highest BCUT2D eigenvalue weighted by atomic mass is 16.7. The summed E-state index contributed by atoms with van der Waals surface area (Å²) in [5.41, 5.74) is 0.416. The SMILES string of the molecule is CCOC(=O)Oc1ccc(C(=O)NCCCNC(=O)CC#N)cc1. The standard InChI is InChI=1S/C16H19N3O5/c1-2-23-16(22)24-13-6-4-12(5-7-13)15(21)19-11-3-10-18-14(20)8-9-17/h4-7H,2-3,8,10-11H2,1H3,(H,18,20)(H,19,21). The highest BCUT2D eigenvalue weighted by Crippen LogP contribution is 2.12. The highest BCUT2D eigenvalue weighted by Gasteiger charge is 2.08. The van der Waals surface area contributed by atoms with Gasteiger partial charge in [0.2, 0.25) is 5.91 Å². The highest BCUT2D eigenvalue weighted by molar-refractivity contribution is 5.94. The van der Waals surface area contributed by atoms with Crippen LogP contribution in [0.15, 0.2) is 24.3 Å². The van der Waals surface area contributed by atoms with Crippen molar-refractivity contribution in [2.45, 2.75) is 19.8 Å². The quantitative estimate of drug-likeness (QED) is 0.421. The van der Waals surface area contributed by atoms with E-state index in [1.807, 2.05) is 0 Å². The van der Waals surface area contributed by atoms with Crippen LogP contribution in [0.5, 0.6) is 5.75 Å². The second kappa shape index (κ2) is 10.6. The summed E-state index contributed by atoms with van der Waals surface area (Å²) in [5, 5.41) is 13.6. The van der Waals surface area contributed by atoms with Crippen LogP contribution in [0.2, 0.25) is 0 Å². The van der Waals surface area contributed by atoms with Gasteiger partial charge >= 0.3 is 6.16 Å². The Labute approximate surface area is 139 Å². The van der Waals surface area contributed by atoms with Crippen LogP contribution < -0.4 is 15.4 Å². The summed E-state index contributed by atoms with van der Waals surface area (Å²) in [6.07, 6.45) is -0.423. The molecule has 1 rings (SSSR count). The normalized spacial score (nSPS) is 9.50. The summed E-state index contributed by atoms with van der Waals surface area (Å²) < 4.78 is 9.53. The summed E-state index contributed by atoms with van der Waals surface area (Å²) in [6, 6.07) is 7.79. The van der Waals surface area contributed by atoms with Crippen LogP contribution in [0, 0.1) is 11.3 Å². The molecule has 0 aliphatic heterocycles. The van der Waals surface area contributed by atoms with Gasteiger partial charge in [-0.1, -0.05) is 0 Å². The van der Waals surface area contributed by atoms with Crippen molar-refractivity contribution in [2.75, 3.05) is 19.7 Å². The van der Waals surface area contributed by atoms with Crippen molar-refractivity contribution >= 4 is 18.0 Å². The van der Waals surface area contributed by atoms with Crippen molar-refractivity contribution in [1.82, 2.24) is 10.6 Å². The Hall–Kier alpha value is -3.08. The van der Waals surface area contributed by atoms with Gasteiger partial charge in [0.1, 0.15) is 12.2 Å². The van der Waals surface area contributed by atoms with Crippen LogP contribution >= 0.6 is 0 Å². The molecule has 1 aromatic carbocycles. The van der Waals surface area contributed by atoms with E-state index in [9.17, 15) is 14.4 Å². The van der Waals surface area contributed by atoms with Crippen molar-refractivity contribution in [3.8, 4) is 11.8 Å². The van der Waals surface area contributed by atoms with E-state index in [0.717, 1.165) is 0 Å². The first-order chi connectivity index (χ1) is 11.6. The third-order valence-corrected chi connectivity index (χ3v) is 2.78. The lowest BCUT2D eigenvalue weighted by Crippen LogP contribution is -2.29. The second-order valence-electron chi connectivity index (χ2n) is 4.60. The van der Waals surface area contributed by atoms with E-state index in [-0.39, 0.29) is 30.6 Å². The number of carbonyl (C=O) groups is 3. The van der Waals surface area contributed by atoms with E-state index in [2.05, 4.69) is 15.4 Å². The molecular formula is C16H19N3O5. The van der Waals surface area contributed by atoms with Gasteiger partial charge in [-0.2, -0.15) is 5.26 Å². The molecule has 2 amide bonds. The van der Waals surface area contributed by atoms with Gasteiger partial charge in [-0.05, 0) is 37.6 Å². The molecule has 0 unspecified atom stereocenters. The van der Waals surface area contributed by atoms with E-state index >= 15 is 0 Å². The van der Waals surface area contributed by atoms with Crippen LogP contribution in [0.25, 0.3) is 0 Å². The molecule has 0 aliphatic carbocycles. The number of hydrogen-bond acceptors (Lipinski definition) is 6. The van der Waals surface area contributed by atoms with Crippen molar-refractivity contribution in [3.63, 3.8) is 0 Å². The lowest BCUT2D eigenvalue weighted by molar-refractivity contribution is -0.120. The zero-order valence-electron chi connectivity index (χ0n) is 13.3. The molecule has 8 nitrogen and oxygen atoms in total. The Balaban J connectivity index is 2.31. The van der Waals surface area contributed by atoms with Gasteiger partial charge in [0.25, 0.3) is 5.91 Å². The maximum atomic E-state index is 11.9. The Morgan fingerprint density at radius 3 is 2.42 bits per heavy atom. The molecule has 0 saturated heterocycles. The zero-order valence-corrected chi connectivity index (χ0v) is 13.3. The summed E-state index contributed by atoms with van der Waals surface area (Å²) in [7, 11) is 0. The topological polar surface area (TPSA) is 118 Å². The molecule has 0 fully saturated rings. The molecule has 0 heterocycles. The smallest absolute Gasteiger partial charge is 0.434 e. The number of amides is 2. The van der Waals surface area contributed by atoms with Gasteiger partial charge in [0, 0.05) is 18.7 Å². The molecule has 0 bridgehead atoms. The Morgan fingerprint density at radius 1 is 1.12 bits per heavy atom. The third kappa shape index (κ3) is 7.26. The summed E-state index contributed by atoms with van der Waals surface area (Å²) in [5.74, 6) is -0.327. The molecule has 0 aromatic heterocycles. The number of hydrogen-bond donors (Lipinski definition) is 2. The van der Waals surface area contributed by atoms with Gasteiger partial charge in [-0.3, -0.25) is 9.59 Å². The minimum Gasteiger partial charge on any atom is -0.434 e. The predicted molar refractivity (Wildman–Crippen MR) is 84.3 cm³/mol. The summed E-state index contributed by atoms with van der Waals surface area (Å²) >= 11 is 0. The number of nitrogens with one attached hydrogen (secondary N) is 2. The van der Waals surface area contributed by atoms with E-state index < -0.39 is 6.16 Å². The van der Waals surface area contributed by atoms with E-state index in [0.29, 0.717) is 25.1 Å². The van der Waals surface area contributed by atoms with Crippen molar-refractivity contribution < 1.29 is 23.9 Å². The molecule has 0 radical (unpaired) electrons. The summed E-state index contributed by atoms with van der Waals surface area (Å²) in [6.45, 7) is 2.65. The number of nitrogens with zero attached hydrogens (tertiary/aromatic N) is 1. The number of carbonyl (C=O) groups excluding carboxylic acids is 3. The molecule has 2 N–H and O–H groups in total. The number of ether oxygens (including phenoxy) is 2. The second-order valence-corrected chi connectivity index (χ2v) is 4.60. The predicted octanol–water partition coefficient (Wildman–Crippen LogP) is 1.37. The van der Waals surface area contributed by atoms with Gasteiger partial charge < -0.3 is 20.1 Å². The first-order valence-corrected chi connectivity index (χ1v) is 7.43. The van der Waals surface area contributed by atoms with E-state index in [4.69, 9.17) is 10.00 Å². The average molecular weight is 333 g/mol. The maximum Gasteiger partial charge on any atom is 0.513 e. The van der Waals surface area contributed by atoms with Gasteiger partial charge in [-0.25, -0.2) is 4.79 Å². The molecule has 24 heavy (non-hydrogen) atoms. The molecule has 0 saturated carbocycles. The summed E-state index contributed by atoms with van der Waals surface area (Å²) in [4.78, 5) is 34.1. The lowest BCUT2D eigenvalue weighted by atomic mass is 10.2. The van der Waals surface area contributed by atoms with Crippen LogP contribution in [0.1, 0.15) is 30.1 Å². The largest absolute Gasteiger partial charge is 0.513 e. The minimum atomic E-state index is -0.798. The van der Waals surface area contributed by atoms with Gasteiger partial charge in [0.15, 0.2) is 0 Å². The molecule has 0 spiro atoms. The molecule has 0 aliphatic rings. The fourth-order valence-electron chi connectivity index (χ4n) is 1.67. The van der Waals surface area contributed by atoms with E-state index in [1.54, 1.807) is 13.0 Å². The first kappa shape index (κ1) is 19.0. The number of nitriles is 1. The Morgan fingerprint density at radius 2 is 1.79 bits per heavy atom. The van der Waals surface area contributed by atoms with Crippen molar-refractivity contribution in [3.05, 3.63) is 29.8 Å². The molecule has 8 heteroatoms. The van der Waals surface area contributed by atoms with E-state index in [1.165, 1.54) is 24.3 Å². The lowest BCUT2D eigenvalue weighted by Gasteiger charge is -2.07. The molecule has 1 aromatic rings. The number of benzene rings is 1. The fourth-order valence-corrected chi connectivity index (χ4v) is 1.67. The first-order valence-electron chi connectivity index (χ1n) is 7.43.